The number of methoxy groups -OCH3 is 1. The number of oxazole rings is 1. The van der Waals surface area contributed by atoms with Crippen LogP contribution in [0.5, 0.6) is 5.75 Å². The number of benzene rings is 2. The number of carbonyl (C=O) groups excluding carboxylic acids is 1. The zero-order valence-corrected chi connectivity index (χ0v) is 15.2. The number of amides is 1. The highest BCUT2D eigenvalue weighted by molar-refractivity contribution is 7.99. The van der Waals surface area contributed by atoms with E-state index in [1.807, 2.05) is 0 Å². The van der Waals surface area contributed by atoms with E-state index in [9.17, 15) is 9.18 Å². The molecule has 0 unspecified atom stereocenters. The maximum absolute atomic E-state index is 13.0. The lowest BCUT2D eigenvalue weighted by Crippen LogP contribution is -2.14. The molecule has 1 amide bonds. The number of nitrogens with zero attached hydrogens (tertiary/aromatic N) is 1. The van der Waals surface area contributed by atoms with Crippen molar-refractivity contribution in [1.29, 1.82) is 0 Å². The molecule has 2 aromatic carbocycles. The summed E-state index contributed by atoms with van der Waals surface area (Å²) < 4.78 is 23.7. The van der Waals surface area contributed by atoms with Crippen molar-refractivity contribution in [2.75, 3.05) is 18.2 Å². The number of anilines is 1. The average Bonchev–Trinajstić information content (AvgIpc) is 3.10. The zero-order chi connectivity index (χ0) is 18.5. The summed E-state index contributed by atoms with van der Waals surface area (Å²) in [6.45, 7) is 0. The van der Waals surface area contributed by atoms with Gasteiger partial charge < -0.3 is 14.5 Å². The van der Waals surface area contributed by atoms with Crippen molar-refractivity contribution in [2.24, 2.45) is 0 Å². The lowest BCUT2D eigenvalue weighted by Gasteiger charge is -2.09. The number of thioether (sulfide) groups is 1. The summed E-state index contributed by atoms with van der Waals surface area (Å²) in [5.74, 6) is 0.541. The molecule has 1 heterocycles. The van der Waals surface area contributed by atoms with E-state index < -0.39 is 0 Å². The van der Waals surface area contributed by atoms with Gasteiger partial charge in [0.05, 0.1) is 24.7 Å². The molecule has 0 aliphatic heterocycles. The molecule has 0 saturated carbocycles. The number of hydrogen-bond acceptors (Lipinski definition) is 5. The van der Waals surface area contributed by atoms with Crippen LogP contribution in [0, 0.1) is 5.82 Å². The second kappa shape index (κ2) is 8.25. The Morgan fingerprint density at radius 2 is 2.08 bits per heavy atom. The lowest BCUT2D eigenvalue weighted by atomic mass is 10.2. The number of rotatable bonds is 6. The van der Waals surface area contributed by atoms with Gasteiger partial charge in [-0.25, -0.2) is 9.37 Å². The number of hydrogen-bond donors (Lipinski definition) is 1. The minimum absolute atomic E-state index is 0.0963. The number of aromatic nitrogens is 1. The maximum atomic E-state index is 13.0. The van der Waals surface area contributed by atoms with Gasteiger partial charge >= 0.3 is 0 Å². The van der Waals surface area contributed by atoms with Crippen LogP contribution >= 0.6 is 23.4 Å². The molecule has 0 fully saturated rings. The Balaban J connectivity index is 1.60. The van der Waals surface area contributed by atoms with E-state index in [2.05, 4.69) is 10.3 Å². The van der Waals surface area contributed by atoms with Crippen LogP contribution in [0.3, 0.4) is 0 Å². The molecule has 8 heteroatoms. The fourth-order valence-electron chi connectivity index (χ4n) is 2.16. The molecule has 26 heavy (non-hydrogen) atoms. The van der Waals surface area contributed by atoms with Gasteiger partial charge in [0.2, 0.25) is 5.91 Å². The van der Waals surface area contributed by atoms with E-state index in [4.69, 9.17) is 20.8 Å². The van der Waals surface area contributed by atoms with Crippen LogP contribution in [0.15, 0.2) is 58.3 Å². The minimum Gasteiger partial charge on any atom is -0.495 e. The highest BCUT2D eigenvalue weighted by Crippen LogP contribution is 2.29. The summed E-state index contributed by atoms with van der Waals surface area (Å²) >= 11 is 7.09. The number of ether oxygens (including phenoxy) is 1. The molecule has 134 valence electrons. The quantitative estimate of drug-likeness (QED) is 0.606. The second-order valence-corrected chi connectivity index (χ2v) is 6.54. The first-order valence-corrected chi connectivity index (χ1v) is 8.89. The van der Waals surface area contributed by atoms with Gasteiger partial charge in [-0.1, -0.05) is 23.4 Å². The number of nitrogens with one attached hydrogen (secondary N) is 1. The normalized spacial score (nSPS) is 10.6. The SMILES string of the molecule is COc1ccc(Cl)cc1NC(=O)CSc1ncc(-c2ccc(F)cc2)o1. The molecule has 0 spiro atoms. The van der Waals surface area contributed by atoms with Crippen LogP contribution in [-0.2, 0) is 4.79 Å². The maximum Gasteiger partial charge on any atom is 0.256 e. The topological polar surface area (TPSA) is 64.4 Å². The molecule has 0 aliphatic rings. The van der Waals surface area contributed by atoms with Gasteiger partial charge in [-0.2, -0.15) is 0 Å². The van der Waals surface area contributed by atoms with Gasteiger partial charge in [0.1, 0.15) is 11.6 Å². The standard InChI is InChI=1S/C18H14ClFN2O3S/c1-24-15-7-4-12(19)8-14(15)22-17(23)10-26-18-21-9-16(25-18)11-2-5-13(20)6-3-11/h2-9H,10H2,1H3,(H,22,23). The minimum atomic E-state index is -0.323. The van der Waals surface area contributed by atoms with Crippen molar-refractivity contribution in [1.82, 2.24) is 4.98 Å². The molecule has 3 aromatic rings. The van der Waals surface area contributed by atoms with E-state index >= 15 is 0 Å². The van der Waals surface area contributed by atoms with Gasteiger partial charge in [-0.3, -0.25) is 4.79 Å². The Bertz CT molecular complexity index is 915. The molecule has 1 aromatic heterocycles. The van der Waals surface area contributed by atoms with Gasteiger partial charge in [0, 0.05) is 10.6 Å². The third-order valence-corrected chi connectivity index (χ3v) is 4.45. The summed E-state index contributed by atoms with van der Waals surface area (Å²) in [5, 5.41) is 3.57. The smallest absolute Gasteiger partial charge is 0.256 e. The molecule has 5 nitrogen and oxygen atoms in total. The Morgan fingerprint density at radius 1 is 1.31 bits per heavy atom. The average molecular weight is 393 g/mol. The summed E-state index contributed by atoms with van der Waals surface area (Å²) in [5.41, 5.74) is 1.20. The fourth-order valence-corrected chi connectivity index (χ4v) is 2.94. The monoisotopic (exact) mass is 392 g/mol. The molecule has 0 atom stereocenters. The molecule has 0 bridgehead atoms. The van der Waals surface area contributed by atoms with Crippen LogP contribution in [0.25, 0.3) is 11.3 Å². The molecule has 1 N–H and O–H groups in total. The first-order valence-electron chi connectivity index (χ1n) is 7.53. The van der Waals surface area contributed by atoms with Crippen LogP contribution in [-0.4, -0.2) is 23.8 Å². The van der Waals surface area contributed by atoms with Crippen molar-refractivity contribution in [2.45, 2.75) is 5.22 Å². The van der Waals surface area contributed by atoms with Gasteiger partial charge in [0.15, 0.2) is 5.76 Å². The second-order valence-electron chi connectivity index (χ2n) is 5.18. The third kappa shape index (κ3) is 4.56. The Labute approximate surface area is 158 Å². The first kappa shape index (κ1) is 18.3. The van der Waals surface area contributed by atoms with E-state index in [0.717, 1.165) is 11.8 Å². The predicted molar refractivity (Wildman–Crippen MR) is 99.3 cm³/mol. The zero-order valence-electron chi connectivity index (χ0n) is 13.7. The van der Waals surface area contributed by atoms with E-state index in [-0.39, 0.29) is 17.5 Å². The lowest BCUT2D eigenvalue weighted by molar-refractivity contribution is -0.113. The first-order chi connectivity index (χ1) is 12.5. The summed E-state index contributed by atoms with van der Waals surface area (Å²) in [6, 6.07) is 10.8. The van der Waals surface area contributed by atoms with Crippen molar-refractivity contribution in [3.05, 3.63) is 59.5 Å². The molecular formula is C18H14ClFN2O3S. The van der Waals surface area contributed by atoms with Gasteiger partial charge in [-0.15, -0.1) is 0 Å². The summed E-state index contributed by atoms with van der Waals surface area (Å²) in [6.07, 6.45) is 1.54. The Hall–Kier alpha value is -2.51. The molecule has 0 radical (unpaired) electrons. The van der Waals surface area contributed by atoms with Crippen molar-refractivity contribution in [3.63, 3.8) is 0 Å². The van der Waals surface area contributed by atoms with Gasteiger partial charge in [0.25, 0.3) is 5.22 Å². The summed E-state index contributed by atoms with van der Waals surface area (Å²) in [7, 11) is 1.51. The molecule has 0 saturated heterocycles. The largest absolute Gasteiger partial charge is 0.495 e. The highest BCUT2D eigenvalue weighted by atomic mass is 35.5. The van der Waals surface area contributed by atoms with Crippen LogP contribution in [0.2, 0.25) is 5.02 Å². The molecule has 3 rings (SSSR count). The number of halogens is 2. The molecular weight excluding hydrogens is 379 g/mol. The summed E-state index contributed by atoms with van der Waals surface area (Å²) in [4.78, 5) is 16.3. The van der Waals surface area contributed by atoms with E-state index in [0.29, 0.717) is 33.0 Å². The van der Waals surface area contributed by atoms with Crippen LogP contribution < -0.4 is 10.1 Å². The molecule has 0 aliphatic carbocycles. The van der Waals surface area contributed by atoms with Crippen LogP contribution in [0.1, 0.15) is 0 Å². The fraction of sp³-hybridized carbons (Fsp3) is 0.111. The van der Waals surface area contributed by atoms with E-state index in [1.165, 1.54) is 25.4 Å². The Kier molecular flexibility index (Phi) is 5.80. The van der Waals surface area contributed by atoms with Gasteiger partial charge in [-0.05, 0) is 42.5 Å². The van der Waals surface area contributed by atoms with Crippen molar-refractivity contribution < 1.29 is 18.3 Å². The van der Waals surface area contributed by atoms with Crippen molar-refractivity contribution in [3.8, 4) is 17.1 Å². The number of carbonyl (C=O) groups is 1. The van der Waals surface area contributed by atoms with Crippen LogP contribution in [0.4, 0.5) is 10.1 Å². The third-order valence-electron chi connectivity index (χ3n) is 3.38. The Morgan fingerprint density at radius 3 is 2.81 bits per heavy atom. The van der Waals surface area contributed by atoms with E-state index in [1.54, 1.807) is 30.3 Å². The highest BCUT2D eigenvalue weighted by Gasteiger charge is 2.12. The van der Waals surface area contributed by atoms with Crippen molar-refractivity contribution >= 4 is 35.0 Å². The predicted octanol–water partition coefficient (Wildman–Crippen LogP) is 4.87.